The van der Waals surface area contributed by atoms with Crippen LogP contribution in [0.1, 0.15) is 11.3 Å². The maximum absolute atomic E-state index is 12.2. The molecular formula is C13H11BrN2O4S2. The van der Waals surface area contributed by atoms with Gasteiger partial charge in [0.1, 0.15) is 10.5 Å². The number of furan rings is 1. The summed E-state index contributed by atoms with van der Waals surface area (Å²) < 4.78 is 38.4. The molecule has 116 valence electrons. The molecule has 0 radical (unpaired) electrons. The highest BCUT2D eigenvalue weighted by molar-refractivity contribution is 9.10. The quantitative estimate of drug-likeness (QED) is 0.707. The number of halogens is 1. The predicted octanol–water partition coefficient (Wildman–Crippen LogP) is 4.18. The first kappa shape index (κ1) is 15.3. The molecule has 1 N–H and O–H groups in total. The van der Waals surface area contributed by atoms with Gasteiger partial charge in [-0.05, 0) is 41.2 Å². The Labute approximate surface area is 139 Å². The maximum atomic E-state index is 12.2. The fraction of sp³-hybridized carbons (Fsp3) is 0.154. The van der Waals surface area contributed by atoms with Gasteiger partial charge in [-0.15, -0.1) is 11.3 Å². The first-order valence-electron chi connectivity index (χ1n) is 6.16. The molecule has 22 heavy (non-hydrogen) atoms. The number of rotatable bonds is 4. The van der Waals surface area contributed by atoms with E-state index in [0.717, 1.165) is 11.3 Å². The van der Waals surface area contributed by atoms with Crippen molar-refractivity contribution in [1.29, 1.82) is 0 Å². The molecule has 9 heteroatoms. The number of nitrogens with zero attached hydrogens (tertiary/aromatic N) is 1. The summed E-state index contributed by atoms with van der Waals surface area (Å²) in [5.74, 6) is 0.657. The van der Waals surface area contributed by atoms with Crippen LogP contribution in [0, 0.1) is 13.8 Å². The minimum Gasteiger partial charge on any atom is -0.447 e. The minimum atomic E-state index is -3.65. The largest absolute Gasteiger partial charge is 0.447 e. The maximum Gasteiger partial charge on any atom is 0.273 e. The molecule has 0 atom stereocenters. The van der Waals surface area contributed by atoms with Gasteiger partial charge in [0.05, 0.1) is 15.7 Å². The van der Waals surface area contributed by atoms with Crippen molar-refractivity contribution < 1.29 is 17.4 Å². The Kier molecular flexibility index (Phi) is 3.87. The van der Waals surface area contributed by atoms with E-state index in [9.17, 15) is 8.42 Å². The van der Waals surface area contributed by atoms with Crippen molar-refractivity contribution in [3.8, 4) is 11.3 Å². The summed E-state index contributed by atoms with van der Waals surface area (Å²) in [6, 6.07) is 3.21. The van der Waals surface area contributed by atoms with Crippen LogP contribution in [0.15, 0.2) is 41.4 Å². The van der Waals surface area contributed by atoms with E-state index in [4.69, 9.17) is 8.94 Å². The third-order valence-corrected chi connectivity index (χ3v) is 6.72. The molecule has 0 spiro atoms. The third-order valence-electron chi connectivity index (χ3n) is 3.06. The van der Waals surface area contributed by atoms with Gasteiger partial charge in [0, 0.05) is 5.56 Å². The van der Waals surface area contributed by atoms with Crippen molar-refractivity contribution in [3.63, 3.8) is 0 Å². The fourth-order valence-electron chi connectivity index (χ4n) is 1.86. The summed E-state index contributed by atoms with van der Waals surface area (Å²) in [5.41, 5.74) is 1.96. The van der Waals surface area contributed by atoms with Crippen LogP contribution in [0.4, 0.5) is 5.88 Å². The van der Waals surface area contributed by atoms with Crippen LogP contribution < -0.4 is 4.72 Å². The van der Waals surface area contributed by atoms with E-state index in [1.54, 1.807) is 25.3 Å². The van der Waals surface area contributed by atoms with Crippen LogP contribution in [0.5, 0.6) is 0 Å². The average molecular weight is 403 g/mol. The van der Waals surface area contributed by atoms with Crippen molar-refractivity contribution >= 4 is 43.2 Å². The average Bonchev–Trinajstić information content (AvgIpc) is 3.17. The molecule has 0 amide bonds. The molecule has 0 fully saturated rings. The zero-order valence-corrected chi connectivity index (χ0v) is 14.8. The molecule has 0 aliphatic heterocycles. The van der Waals surface area contributed by atoms with E-state index in [1.165, 1.54) is 12.3 Å². The van der Waals surface area contributed by atoms with E-state index < -0.39 is 10.0 Å². The Hall–Kier alpha value is -1.58. The van der Waals surface area contributed by atoms with Crippen LogP contribution in [0.25, 0.3) is 11.3 Å². The normalized spacial score (nSPS) is 11.8. The van der Waals surface area contributed by atoms with Crippen molar-refractivity contribution in [2.24, 2.45) is 0 Å². The van der Waals surface area contributed by atoms with Gasteiger partial charge in [-0.3, -0.25) is 0 Å². The highest BCUT2D eigenvalue weighted by atomic mass is 79.9. The molecule has 3 rings (SSSR count). The molecule has 0 unspecified atom stereocenters. The molecule has 3 heterocycles. The number of nitrogens with one attached hydrogen (secondary N) is 1. The van der Waals surface area contributed by atoms with Gasteiger partial charge in [-0.25, -0.2) is 13.1 Å². The van der Waals surface area contributed by atoms with Gasteiger partial charge in [0.25, 0.3) is 10.0 Å². The van der Waals surface area contributed by atoms with Crippen LogP contribution in [0.2, 0.25) is 0 Å². The Bertz CT molecular complexity index is 910. The monoisotopic (exact) mass is 402 g/mol. The van der Waals surface area contributed by atoms with E-state index in [0.29, 0.717) is 27.1 Å². The highest BCUT2D eigenvalue weighted by Gasteiger charge is 2.23. The van der Waals surface area contributed by atoms with Crippen molar-refractivity contribution in [2.75, 3.05) is 4.72 Å². The van der Waals surface area contributed by atoms with E-state index in [2.05, 4.69) is 25.8 Å². The summed E-state index contributed by atoms with van der Waals surface area (Å²) in [5, 5.41) is 5.56. The smallest absolute Gasteiger partial charge is 0.273 e. The number of hydrogen-bond donors (Lipinski definition) is 1. The lowest BCUT2D eigenvalue weighted by molar-refractivity contribution is 0.426. The van der Waals surface area contributed by atoms with Crippen LogP contribution in [-0.2, 0) is 10.0 Å². The van der Waals surface area contributed by atoms with Gasteiger partial charge in [-0.2, -0.15) is 0 Å². The summed E-state index contributed by atoms with van der Waals surface area (Å²) in [6.45, 7) is 3.54. The zero-order chi connectivity index (χ0) is 15.9. The van der Waals surface area contributed by atoms with Gasteiger partial charge in [0.15, 0.2) is 5.76 Å². The summed E-state index contributed by atoms with van der Waals surface area (Å²) >= 11 is 4.52. The summed E-state index contributed by atoms with van der Waals surface area (Å²) in [4.78, 5) is 0. The molecule has 0 aliphatic carbocycles. The standard InChI is InChI=1S/C13H11BrN2O4S2/c1-7-9(12-11(14)8(2)15-20-12)6-19-13(7)16-22(17,18)10-4-3-5-21-10/h3-6,16H,1-2H3. The first-order chi connectivity index (χ1) is 10.4. The number of aryl methyl sites for hydroxylation is 1. The molecule has 0 aromatic carbocycles. The molecule has 6 nitrogen and oxygen atoms in total. The van der Waals surface area contributed by atoms with Crippen molar-refractivity contribution in [3.05, 3.63) is 39.5 Å². The lowest BCUT2D eigenvalue weighted by atomic mass is 10.1. The molecule has 3 aromatic heterocycles. The van der Waals surface area contributed by atoms with Crippen LogP contribution in [0.3, 0.4) is 0 Å². The zero-order valence-electron chi connectivity index (χ0n) is 11.6. The Morgan fingerprint density at radius 2 is 2.14 bits per heavy atom. The van der Waals surface area contributed by atoms with E-state index in [-0.39, 0.29) is 10.1 Å². The lowest BCUT2D eigenvalue weighted by Gasteiger charge is -2.04. The number of sulfonamides is 1. The number of thiophene rings is 1. The van der Waals surface area contributed by atoms with Crippen LogP contribution in [-0.4, -0.2) is 13.6 Å². The highest BCUT2D eigenvalue weighted by Crippen LogP contribution is 2.37. The third kappa shape index (κ3) is 2.59. The lowest BCUT2D eigenvalue weighted by Crippen LogP contribution is -2.11. The van der Waals surface area contributed by atoms with Gasteiger partial charge < -0.3 is 8.94 Å². The number of anilines is 1. The summed E-state index contributed by atoms with van der Waals surface area (Å²) in [7, 11) is -3.65. The summed E-state index contributed by atoms with van der Waals surface area (Å²) in [6.07, 6.45) is 1.44. The van der Waals surface area contributed by atoms with Crippen molar-refractivity contribution in [1.82, 2.24) is 5.16 Å². The Morgan fingerprint density at radius 1 is 1.36 bits per heavy atom. The predicted molar refractivity (Wildman–Crippen MR) is 86.5 cm³/mol. The Balaban J connectivity index is 1.97. The second-order valence-corrected chi connectivity index (χ2v) is 8.20. The van der Waals surface area contributed by atoms with Gasteiger partial charge in [-0.1, -0.05) is 11.2 Å². The van der Waals surface area contributed by atoms with E-state index in [1.807, 2.05) is 0 Å². The SMILES string of the molecule is Cc1noc(-c2coc(NS(=O)(=O)c3cccs3)c2C)c1Br. The molecule has 0 bridgehead atoms. The van der Waals surface area contributed by atoms with Gasteiger partial charge >= 0.3 is 0 Å². The second-order valence-electron chi connectivity index (χ2n) is 4.55. The van der Waals surface area contributed by atoms with Gasteiger partial charge in [0.2, 0.25) is 5.88 Å². The first-order valence-corrected chi connectivity index (χ1v) is 9.32. The number of hydrogen-bond acceptors (Lipinski definition) is 6. The topological polar surface area (TPSA) is 85.3 Å². The van der Waals surface area contributed by atoms with Crippen molar-refractivity contribution in [2.45, 2.75) is 18.1 Å². The second kappa shape index (κ2) is 5.56. The molecule has 0 aliphatic rings. The minimum absolute atomic E-state index is 0.157. The fourth-order valence-corrected chi connectivity index (χ4v) is 4.26. The van der Waals surface area contributed by atoms with E-state index >= 15 is 0 Å². The molecule has 3 aromatic rings. The molecule has 0 saturated heterocycles. The molecular weight excluding hydrogens is 392 g/mol. The Morgan fingerprint density at radius 3 is 2.73 bits per heavy atom. The molecule has 0 saturated carbocycles. The van der Waals surface area contributed by atoms with Crippen LogP contribution >= 0.6 is 27.3 Å². The number of aromatic nitrogens is 1.